The number of carbonyl (C=O) groups is 1. The van der Waals surface area contributed by atoms with E-state index in [4.69, 9.17) is 4.74 Å². The fraction of sp³-hybridized carbons (Fsp3) is 0.423. The summed E-state index contributed by atoms with van der Waals surface area (Å²) < 4.78 is 6.15. The number of amides is 1. The summed E-state index contributed by atoms with van der Waals surface area (Å²) in [6, 6.07) is 16.0. The Morgan fingerprint density at radius 3 is 2.40 bits per heavy atom. The molecule has 0 bridgehead atoms. The first-order valence-electron chi connectivity index (χ1n) is 11.3. The third-order valence-corrected chi connectivity index (χ3v) is 7.41. The lowest BCUT2D eigenvalue weighted by Gasteiger charge is -2.47. The predicted molar refractivity (Wildman–Crippen MR) is 120 cm³/mol. The minimum Gasteiger partial charge on any atom is -0.488 e. The molecule has 1 amide bonds. The van der Waals surface area contributed by atoms with Crippen molar-refractivity contribution in [2.45, 2.75) is 33.3 Å². The average Bonchev–Trinajstić information content (AvgIpc) is 3.39. The van der Waals surface area contributed by atoms with Crippen LogP contribution in [-0.2, 0) is 6.61 Å². The molecule has 2 aliphatic rings. The summed E-state index contributed by atoms with van der Waals surface area (Å²) in [6.45, 7) is 6.89. The first-order valence-corrected chi connectivity index (χ1v) is 11.3. The van der Waals surface area contributed by atoms with E-state index >= 15 is 0 Å². The number of rotatable bonds is 6. The Bertz CT molecular complexity index is 1020. The third-order valence-electron chi connectivity index (χ3n) is 7.41. The Balaban J connectivity index is 1.37. The lowest BCUT2D eigenvalue weighted by Crippen LogP contribution is -2.45. The standard InChI is InChI=1S/C26H30N2O2/c1-3-19-20(4-2)23-15-28(14-22(19)23)26(29)18-12-24-21(10-11-27-24)25(13-18)30-16-17-8-6-5-7-9-17/h5-13,19-20,22-23,27H,3-4,14-16H2,1-2H3/t19-,20?,22?,23?/m0/s1. The lowest BCUT2D eigenvalue weighted by molar-refractivity contribution is 0.0115. The zero-order valence-corrected chi connectivity index (χ0v) is 17.8. The van der Waals surface area contributed by atoms with E-state index in [1.165, 1.54) is 12.8 Å². The van der Waals surface area contributed by atoms with E-state index in [1.54, 1.807) is 0 Å². The Hall–Kier alpha value is -2.75. The van der Waals surface area contributed by atoms with Gasteiger partial charge in [0, 0.05) is 35.8 Å². The average molecular weight is 403 g/mol. The smallest absolute Gasteiger partial charge is 0.254 e. The van der Waals surface area contributed by atoms with Crippen molar-refractivity contribution in [3.05, 3.63) is 65.9 Å². The molecule has 1 saturated carbocycles. The second kappa shape index (κ2) is 7.82. The van der Waals surface area contributed by atoms with Gasteiger partial charge in [0.15, 0.2) is 0 Å². The second-order valence-electron chi connectivity index (χ2n) is 8.87. The molecule has 1 saturated heterocycles. The van der Waals surface area contributed by atoms with Gasteiger partial charge in [0.1, 0.15) is 12.4 Å². The van der Waals surface area contributed by atoms with Crippen LogP contribution in [0.3, 0.4) is 0 Å². The highest BCUT2D eigenvalue weighted by atomic mass is 16.5. The molecule has 4 heteroatoms. The number of likely N-dealkylation sites (tertiary alicyclic amines) is 1. The molecular weight excluding hydrogens is 372 g/mol. The first-order chi connectivity index (χ1) is 14.7. The van der Waals surface area contributed by atoms with Crippen molar-refractivity contribution in [1.82, 2.24) is 9.88 Å². The molecule has 5 rings (SSSR count). The molecule has 0 spiro atoms. The van der Waals surface area contributed by atoms with Crippen molar-refractivity contribution in [2.24, 2.45) is 23.7 Å². The SMILES string of the molecule is CCC1C2CN(C(=O)c3cc(OCc4ccccc4)c4cc[nH]c4c3)CC2[C@H]1CC. The molecule has 1 aromatic heterocycles. The summed E-state index contributed by atoms with van der Waals surface area (Å²) in [7, 11) is 0. The molecule has 1 aliphatic heterocycles. The van der Waals surface area contributed by atoms with Crippen molar-refractivity contribution in [3.63, 3.8) is 0 Å². The summed E-state index contributed by atoms with van der Waals surface area (Å²) in [6.07, 6.45) is 4.36. The van der Waals surface area contributed by atoms with Gasteiger partial charge in [-0.3, -0.25) is 4.79 Å². The van der Waals surface area contributed by atoms with Crippen molar-refractivity contribution >= 4 is 16.8 Å². The third kappa shape index (κ3) is 3.19. The van der Waals surface area contributed by atoms with Crippen LogP contribution in [0.2, 0.25) is 0 Å². The Kier molecular flexibility index (Phi) is 5.01. The number of nitrogens with zero attached hydrogens (tertiary/aromatic N) is 1. The van der Waals surface area contributed by atoms with Crippen LogP contribution in [0.4, 0.5) is 0 Å². The van der Waals surface area contributed by atoms with E-state index in [2.05, 4.69) is 35.9 Å². The zero-order chi connectivity index (χ0) is 20.7. The minimum atomic E-state index is 0.134. The fourth-order valence-electron chi connectivity index (χ4n) is 5.92. The van der Waals surface area contributed by atoms with E-state index in [0.717, 1.165) is 52.7 Å². The van der Waals surface area contributed by atoms with Crippen molar-refractivity contribution < 1.29 is 9.53 Å². The van der Waals surface area contributed by atoms with Gasteiger partial charge in [-0.1, -0.05) is 57.0 Å². The number of aromatic nitrogens is 1. The quantitative estimate of drug-likeness (QED) is 0.592. The summed E-state index contributed by atoms with van der Waals surface area (Å²) in [5, 5.41) is 1.01. The molecule has 4 atom stereocenters. The van der Waals surface area contributed by atoms with Gasteiger partial charge in [-0.25, -0.2) is 0 Å². The minimum absolute atomic E-state index is 0.134. The van der Waals surface area contributed by atoms with Gasteiger partial charge < -0.3 is 14.6 Å². The molecule has 2 fully saturated rings. The van der Waals surface area contributed by atoms with Gasteiger partial charge in [-0.05, 0) is 47.4 Å². The Morgan fingerprint density at radius 1 is 1.03 bits per heavy atom. The van der Waals surface area contributed by atoms with Crippen molar-refractivity contribution in [2.75, 3.05) is 13.1 Å². The highest BCUT2D eigenvalue weighted by Crippen LogP contribution is 2.53. The second-order valence-corrected chi connectivity index (χ2v) is 8.87. The number of H-pyrrole nitrogens is 1. The molecular formula is C26H30N2O2. The highest BCUT2D eigenvalue weighted by Gasteiger charge is 2.53. The molecule has 3 unspecified atom stereocenters. The Morgan fingerprint density at radius 2 is 1.73 bits per heavy atom. The van der Waals surface area contributed by atoms with E-state index in [0.29, 0.717) is 18.4 Å². The maximum atomic E-state index is 13.4. The molecule has 4 nitrogen and oxygen atoms in total. The highest BCUT2D eigenvalue weighted by molar-refractivity contribution is 6.00. The van der Waals surface area contributed by atoms with Gasteiger partial charge >= 0.3 is 0 Å². The van der Waals surface area contributed by atoms with Crippen LogP contribution in [0.5, 0.6) is 5.75 Å². The number of fused-ring (bicyclic) bond motifs is 2. The summed E-state index contributed by atoms with van der Waals surface area (Å²) in [5.74, 6) is 3.84. The zero-order valence-electron chi connectivity index (χ0n) is 17.8. The van der Waals surface area contributed by atoms with Gasteiger partial charge in [-0.15, -0.1) is 0 Å². The molecule has 1 N–H and O–H groups in total. The molecule has 2 heterocycles. The number of benzene rings is 2. The maximum Gasteiger partial charge on any atom is 0.254 e. The summed E-state index contributed by atoms with van der Waals surface area (Å²) in [4.78, 5) is 18.7. The number of carbonyl (C=O) groups excluding carboxylic acids is 1. The van der Waals surface area contributed by atoms with Crippen LogP contribution in [0.15, 0.2) is 54.7 Å². The molecule has 30 heavy (non-hydrogen) atoms. The summed E-state index contributed by atoms with van der Waals surface area (Å²) >= 11 is 0. The number of hydrogen-bond acceptors (Lipinski definition) is 2. The normalized spacial score (nSPS) is 25.2. The number of hydrogen-bond donors (Lipinski definition) is 1. The number of aromatic amines is 1. The van der Waals surface area contributed by atoms with Crippen molar-refractivity contribution in [1.29, 1.82) is 0 Å². The van der Waals surface area contributed by atoms with E-state index < -0.39 is 0 Å². The number of nitrogens with one attached hydrogen (secondary N) is 1. The van der Waals surface area contributed by atoms with E-state index in [-0.39, 0.29) is 5.91 Å². The fourth-order valence-corrected chi connectivity index (χ4v) is 5.92. The van der Waals surface area contributed by atoms with Crippen LogP contribution in [0.25, 0.3) is 10.9 Å². The molecule has 2 aromatic carbocycles. The summed E-state index contributed by atoms with van der Waals surface area (Å²) in [5.41, 5.74) is 2.78. The van der Waals surface area contributed by atoms with Crippen molar-refractivity contribution in [3.8, 4) is 5.75 Å². The molecule has 3 aromatic rings. The van der Waals surface area contributed by atoms with E-state index in [1.807, 2.05) is 42.6 Å². The van der Waals surface area contributed by atoms with E-state index in [9.17, 15) is 4.79 Å². The molecule has 156 valence electrons. The Labute approximate surface area is 178 Å². The van der Waals surface area contributed by atoms with Crippen LogP contribution in [0, 0.1) is 23.7 Å². The van der Waals surface area contributed by atoms with Crippen LogP contribution >= 0.6 is 0 Å². The molecule has 1 aliphatic carbocycles. The van der Waals surface area contributed by atoms with Gasteiger partial charge in [0.2, 0.25) is 0 Å². The van der Waals surface area contributed by atoms with Gasteiger partial charge in [-0.2, -0.15) is 0 Å². The lowest BCUT2D eigenvalue weighted by atomic mass is 9.56. The maximum absolute atomic E-state index is 13.4. The van der Waals surface area contributed by atoms with Gasteiger partial charge in [0.05, 0.1) is 0 Å². The monoisotopic (exact) mass is 402 g/mol. The number of ether oxygens (including phenoxy) is 1. The van der Waals surface area contributed by atoms with Crippen LogP contribution < -0.4 is 4.74 Å². The van der Waals surface area contributed by atoms with Crippen LogP contribution in [-0.4, -0.2) is 28.9 Å². The largest absolute Gasteiger partial charge is 0.488 e. The van der Waals surface area contributed by atoms with Crippen LogP contribution in [0.1, 0.15) is 42.6 Å². The predicted octanol–water partition coefficient (Wildman–Crippen LogP) is 5.50. The first kappa shape index (κ1) is 19.2. The topological polar surface area (TPSA) is 45.3 Å². The molecule has 0 radical (unpaired) electrons. The van der Waals surface area contributed by atoms with Gasteiger partial charge in [0.25, 0.3) is 5.91 Å².